The molecule has 6 aliphatic rings. The highest BCUT2D eigenvalue weighted by Gasteiger charge is 2.72. The lowest BCUT2D eigenvalue weighted by atomic mass is 9.31. The molecule has 1 aromatic carbocycles. The molecule has 0 spiro atoms. The Bertz CT molecular complexity index is 1590. The maximum atomic E-state index is 14.9. The van der Waals surface area contributed by atoms with Crippen LogP contribution in [0.1, 0.15) is 121 Å². The van der Waals surface area contributed by atoms with Gasteiger partial charge in [-0.3, -0.25) is 19.3 Å². The topological polar surface area (TPSA) is 75.9 Å². The molecule has 4 saturated carbocycles. The van der Waals surface area contributed by atoms with Crippen LogP contribution in [-0.4, -0.2) is 34.8 Å². The maximum absolute atomic E-state index is 14.9. The van der Waals surface area contributed by atoms with Crippen LogP contribution in [-0.2, 0) is 9.59 Å². The van der Waals surface area contributed by atoms with Crippen LogP contribution in [0, 0.1) is 62.7 Å². The Labute approximate surface area is 268 Å². The van der Waals surface area contributed by atoms with E-state index in [1.807, 2.05) is 32.1 Å². The molecule has 1 aromatic rings. The largest absolute Gasteiger partial charge is 0.307 e. The van der Waals surface area contributed by atoms with Crippen molar-refractivity contribution in [1.82, 2.24) is 4.90 Å². The number of rotatable bonds is 2. The number of allylic oxidation sites excluding steroid dienone is 2. The molecule has 6 heteroatoms. The first-order chi connectivity index (χ1) is 21.0. The molecule has 0 aromatic heterocycles. The van der Waals surface area contributed by atoms with Crippen LogP contribution in [0.15, 0.2) is 36.0 Å². The Hall–Kier alpha value is -3.07. The van der Waals surface area contributed by atoms with Crippen LogP contribution in [0.2, 0.25) is 0 Å². The number of imide groups is 1. The molecule has 238 valence electrons. The summed E-state index contributed by atoms with van der Waals surface area (Å²) in [6, 6.07) is 7.14. The van der Waals surface area contributed by atoms with Gasteiger partial charge in [-0.1, -0.05) is 66.7 Å². The first kappa shape index (κ1) is 30.6. The zero-order valence-corrected chi connectivity index (χ0v) is 28.1. The highest BCUT2D eigenvalue weighted by Crippen LogP contribution is 2.76. The molecule has 5 aliphatic carbocycles. The number of Topliss-reactive ketones (excluding diaryl/α,β-unsaturated/α-hetero) is 2. The monoisotopic (exact) mass is 608 g/mol. The zero-order valence-electron chi connectivity index (χ0n) is 28.1. The predicted molar refractivity (Wildman–Crippen MR) is 172 cm³/mol. The number of carbonyl (C=O) groups is 4. The second-order valence-corrected chi connectivity index (χ2v) is 17.8. The summed E-state index contributed by atoms with van der Waals surface area (Å²) >= 11 is 0. The maximum Gasteiger partial charge on any atom is 0.261 e. The fourth-order valence-corrected chi connectivity index (χ4v) is 12.4. The Morgan fingerprint density at radius 1 is 0.822 bits per heavy atom. The van der Waals surface area contributed by atoms with Crippen LogP contribution in [0.5, 0.6) is 0 Å². The summed E-state index contributed by atoms with van der Waals surface area (Å²) in [5.74, 6) is -0.0952. The van der Waals surface area contributed by atoms with Gasteiger partial charge < -0.3 is 4.79 Å². The second kappa shape index (κ2) is 9.26. The molecule has 0 saturated heterocycles. The number of nitrogens with zero attached hydrogens (tertiary/aromatic N) is 2. The van der Waals surface area contributed by atoms with Crippen molar-refractivity contribution in [2.75, 3.05) is 6.54 Å². The van der Waals surface area contributed by atoms with Gasteiger partial charge in [-0.25, -0.2) is 4.85 Å². The predicted octanol–water partition coefficient (Wildman–Crippen LogP) is 7.94. The standard InChI is InChI=1S/C39H48N2O4/c1-34(2)15-17-39(22-41-32(44)23-11-9-10-12-24(23)33(41)45)18-16-38(7)30(25(39)20-34)27(42)19-29-36(5)21-26(40-8)31(43)35(3,4)28(36)13-14-37(29,38)6/h9-12,21,25,28-30H,13-20,22H2,1-7H3/t25-,28-,29+,30-,36-,37+,38+,39+/m0/s1. The van der Waals surface area contributed by atoms with Gasteiger partial charge in [-0.05, 0) is 102 Å². The molecule has 7 rings (SSSR count). The lowest BCUT2D eigenvalue weighted by Crippen LogP contribution is -2.69. The van der Waals surface area contributed by atoms with Crippen molar-refractivity contribution in [3.05, 3.63) is 58.6 Å². The quantitative estimate of drug-likeness (QED) is 0.252. The van der Waals surface area contributed by atoms with E-state index in [4.69, 9.17) is 6.57 Å². The van der Waals surface area contributed by atoms with Crippen molar-refractivity contribution in [2.24, 2.45) is 56.2 Å². The van der Waals surface area contributed by atoms with Gasteiger partial charge in [0.25, 0.3) is 11.8 Å². The van der Waals surface area contributed by atoms with Gasteiger partial charge >= 0.3 is 0 Å². The van der Waals surface area contributed by atoms with Crippen molar-refractivity contribution in [1.29, 1.82) is 0 Å². The van der Waals surface area contributed by atoms with Gasteiger partial charge in [0.2, 0.25) is 5.70 Å². The van der Waals surface area contributed by atoms with Crippen molar-refractivity contribution in [2.45, 2.75) is 99.8 Å². The fourth-order valence-electron chi connectivity index (χ4n) is 12.4. The van der Waals surface area contributed by atoms with E-state index in [1.54, 1.807) is 12.1 Å². The summed E-state index contributed by atoms with van der Waals surface area (Å²) in [7, 11) is 0. The fraction of sp³-hybridized carbons (Fsp3) is 0.667. The number of ketones is 2. The number of hydrogen-bond donors (Lipinski definition) is 0. The Balaban J connectivity index is 1.30. The minimum atomic E-state index is -0.646. The van der Waals surface area contributed by atoms with Crippen LogP contribution in [0.3, 0.4) is 0 Å². The van der Waals surface area contributed by atoms with Crippen LogP contribution in [0.25, 0.3) is 4.85 Å². The van der Waals surface area contributed by atoms with Crippen LogP contribution < -0.4 is 0 Å². The summed E-state index contributed by atoms with van der Waals surface area (Å²) in [6.45, 7) is 23.9. The van der Waals surface area contributed by atoms with Gasteiger partial charge in [0, 0.05) is 24.3 Å². The molecular weight excluding hydrogens is 560 g/mol. The lowest BCUT2D eigenvalue weighted by Gasteiger charge is -2.72. The first-order valence-corrected chi connectivity index (χ1v) is 17.1. The van der Waals surface area contributed by atoms with Crippen molar-refractivity contribution in [3.8, 4) is 0 Å². The average Bonchev–Trinajstić information content (AvgIpc) is 3.21. The molecule has 2 amide bonds. The molecule has 0 radical (unpaired) electrons. The molecule has 0 N–H and O–H groups in total. The molecule has 0 bridgehead atoms. The highest BCUT2D eigenvalue weighted by atomic mass is 16.2. The number of amides is 2. The highest BCUT2D eigenvalue weighted by molar-refractivity contribution is 6.21. The third-order valence-corrected chi connectivity index (χ3v) is 15.0. The molecule has 1 heterocycles. The van der Waals surface area contributed by atoms with E-state index < -0.39 is 10.8 Å². The minimum Gasteiger partial charge on any atom is -0.307 e. The van der Waals surface area contributed by atoms with E-state index in [0.29, 0.717) is 29.9 Å². The van der Waals surface area contributed by atoms with E-state index in [0.717, 1.165) is 44.9 Å². The summed E-state index contributed by atoms with van der Waals surface area (Å²) in [4.78, 5) is 60.7. The molecule has 45 heavy (non-hydrogen) atoms. The van der Waals surface area contributed by atoms with E-state index >= 15 is 0 Å². The summed E-state index contributed by atoms with van der Waals surface area (Å²) < 4.78 is 0. The number of hydrogen-bond acceptors (Lipinski definition) is 4. The summed E-state index contributed by atoms with van der Waals surface area (Å²) in [5.41, 5.74) is -0.491. The number of carbonyl (C=O) groups excluding carboxylic acids is 4. The van der Waals surface area contributed by atoms with Crippen LogP contribution in [0.4, 0.5) is 0 Å². The number of benzene rings is 1. The van der Waals surface area contributed by atoms with Crippen molar-refractivity contribution >= 4 is 23.4 Å². The van der Waals surface area contributed by atoms with Crippen molar-refractivity contribution < 1.29 is 19.2 Å². The molecule has 8 atom stereocenters. The van der Waals surface area contributed by atoms with E-state index in [9.17, 15) is 19.2 Å². The zero-order chi connectivity index (χ0) is 32.5. The van der Waals surface area contributed by atoms with Gasteiger partial charge in [-0.15, -0.1) is 0 Å². The third kappa shape index (κ3) is 3.79. The summed E-state index contributed by atoms with van der Waals surface area (Å²) in [6.07, 6.45) is 8.87. The average molecular weight is 609 g/mol. The molecule has 4 fully saturated rings. The van der Waals surface area contributed by atoms with Gasteiger partial charge in [0.1, 0.15) is 5.78 Å². The van der Waals surface area contributed by atoms with E-state index in [2.05, 4.69) is 39.5 Å². The van der Waals surface area contributed by atoms with E-state index in [1.165, 1.54) is 4.90 Å². The SMILES string of the molecule is [C-]#[N+]C1=C[C@]2(C)[C@H]3CC(=O)[C@@H]4[C@@H]5CC(C)(C)CC[C@]5(CN5C(=O)c6ccccc6C5=O)CC[C@@]4(C)[C@]3(C)CC[C@H]2C(C)(C)C1=O. The van der Waals surface area contributed by atoms with Crippen LogP contribution >= 0.6 is 0 Å². The Kier molecular flexibility index (Phi) is 6.29. The van der Waals surface area contributed by atoms with Crippen molar-refractivity contribution in [3.63, 3.8) is 0 Å². The molecule has 1 aliphatic heterocycles. The first-order valence-electron chi connectivity index (χ1n) is 17.1. The Morgan fingerprint density at radius 2 is 1.44 bits per heavy atom. The van der Waals surface area contributed by atoms with E-state index in [-0.39, 0.29) is 68.6 Å². The number of fused-ring (bicyclic) bond motifs is 8. The molecular formula is C39H48N2O4. The molecule has 0 unspecified atom stereocenters. The normalized spacial score (nSPS) is 42.9. The minimum absolute atomic E-state index is 0.0435. The Morgan fingerprint density at radius 3 is 2.07 bits per heavy atom. The van der Waals surface area contributed by atoms with Gasteiger partial charge in [-0.2, -0.15) is 0 Å². The second-order valence-electron chi connectivity index (χ2n) is 17.8. The summed E-state index contributed by atoms with van der Waals surface area (Å²) in [5, 5.41) is 0. The third-order valence-electron chi connectivity index (χ3n) is 15.0. The van der Waals surface area contributed by atoms with Gasteiger partial charge in [0.15, 0.2) is 5.78 Å². The van der Waals surface area contributed by atoms with Gasteiger partial charge in [0.05, 0.1) is 17.7 Å². The lowest BCUT2D eigenvalue weighted by molar-refractivity contribution is -0.223. The smallest absolute Gasteiger partial charge is 0.261 e. The molecule has 6 nitrogen and oxygen atoms in total.